The number of rotatable bonds is 7. The predicted molar refractivity (Wildman–Crippen MR) is 189 cm³/mol. The van der Waals surface area contributed by atoms with E-state index >= 15 is 0 Å². The molecular weight excluding hydrogens is 642 g/mol. The van der Waals surface area contributed by atoms with Crippen molar-refractivity contribution in [3.63, 3.8) is 0 Å². The number of benzene rings is 4. The second kappa shape index (κ2) is 12.0. The number of hydrazone groups is 1. The molecule has 2 aromatic heterocycles. The van der Waals surface area contributed by atoms with Crippen molar-refractivity contribution < 1.29 is 4.92 Å². The minimum Gasteiger partial charge on any atom is -0.380 e. The van der Waals surface area contributed by atoms with Crippen LogP contribution in [0.4, 0.5) is 34.4 Å². The number of nitro groups is 1. The van der Waals surface area contributed by atoms with Crippen molar-refractivity contribution in [2.75, 3.05) is 10.7 Å². The average Bonchev–Trinajstić information content (AvgIpc) is 3.81. The van der Waals surface area contributed by atoms with Gasteiger partial charge in [-0.05, 0) is 67.6 Å². The van der Waals surface area contributed by atoms with Gasteiger partial charge in [0, 0.05) is 40.2 Å². The van der Waals surface area contributed by atoms with Crippen molar-refractivity contribution in [2.24, 2.45) is 26.2 Å². The van der Waals surface area contributed by atoms with Gasteiger partial charge in [0.2, 0.25) is 0 Å². The average molecular weight is 668 g/mol. The Kier molecular flexibility index (Phi) is 7.30. The highest BCUT2D eigenvalue weighted by molar-refractivity contribution is 6.30. The lowest BCUT2D eigenvalue weighted by molar-refractivity contribution is -0.384. The van der Waals surface area contributed by atoms with Gasteiger partial charge in [0.05, 0.1) is 39.6 Å². The molecule has 0 saturated carbocycles. The molecule has 2 atom stereocenters. The summed E-state index contributed by atoms with van der Waals surface area (Å²) in [4.78, 5) is 16.2. The van der Waals surface area contributed by atoms with Crippen molar-refractivity contribution in [1.29, 1.82) is 0 Å². The first-order valence-electron chi connectivity index (χ1n) is 15.3. The van der Waals surface area contributed by atoms with Crippen LogP contribution in [0, 0.1) is 16.0 Å². The SMILES string of the molecule is CC1=NN(c2ccccc2)C2=Nc3c(N=Nc4ccc(Cl)cc4)c(N)nn3C(c3cn(-c4ccccc4)nc3-c3ccc([N+](=O)[O-])cc3)C12. The molecular formula is C35H26ClN11O2. The highest BCUT2D eigenvalue weighted by Crippen LogP contribution is 2.49. The van der Waals surface area contributed by atoms with Crippen molar-refractivity contribution in [1.82, 2.24) is 19.6 Å². The lowest BCUT2D eigenvalue weighted by Gasteiger charge is -2.30. The Hall–Kier alpha value is -6.47. The molecule has 2 unspecified atom stereocenters. The van der Waals surface area contributed by atoms with Crippen LogP contribution in [0.15, 0.2) is 136 Å². The van der Waals surface area contributed by atoms with Gasteiger partial charge < -0.3 is 5.73 Å². The van der Waals surface area contributed by atoms with Crippen LogP contribution in [0.5, 0.6) is 0 Å². The fourth-order valence-corrected chi connectivity index (χ4v) is 6.25. The highest BCUT2D eigenvalue weighted by atomic mass is 35.5. The molecule has 0 amide bonds. The molecule has 4 aromatic carbocycles. The van der Waals surface area contributed by atoms with E-state index in [-0.39, 0.29) is 17.4 Å². The maximum absolute atomic E-state index is 11.5. The van der Waals surface area contributed by atoms with E-state index in [1.54, 1.807) is 45.8 Å². The Labute approximate surface area is 284 Å². The quantitative estimate of drug-likeness (QED) is 0.102. The third-order valence-corrected chi connectivity index (χ3v) is 8.67. The molecule has 0 aliphatic carbocycles. The molecule has 14 heteroatoms. The Balaban J connectivity index is 1.35. The largest absolute Gasteiger partial charge is 0.380 e. The smallest absolute Gasteiger partial charge is 0.269 e. The third kappa shape index (κ3) is 5.31. The summed E-state index contributed by atoms with van der Waals surface area (Å²) in [5, 5.41) is 37.6. The van der Waals surface area contributed by atoms with E-state index in [4.69, 9.17) is 37.6 Å². The summed E-state index contributed by atoms with van der Waals surface area (Å²) >= 11 is 6.08. The van der Waals surface area contributed by atoms with E-state index in [9.17, 15) is 10.1 Å². The van der Waals surface area contributed by atoms with Gasteiger partial charge in [0.25, 0.3) is 5.69 Å². The van der Waals surface area contributed by atoms with Gasteiger partial charge in [-0.2, -0.15) is 20.4 Å². The highest BCUT2D eigenvalue weighted by Gasteiger charge is 2.46. The summed E-state index contributed by atoms with van der Waals surface area (Å²) in [5.41, 5.74) is 12.0. The van der Waals surface area contributed by atoms with Gasteiger partial charge in [0.15, 0.2) is 17.3 Å². The van der Waals surface area contributed by atoms with Crippen LogP contribution in [0.1, 0.15) is 18.5 Å². The number of azo groups is 1. The van der Waals surface area contributed by atoms with Crippen LogP contribution in [-0.2, 0) is 0 Å². The number of nitrogens with two attached hydrogens (primary N) is 1. The molecule has 8 rings (SSSR count). The molecule has 49 heavy (non-hydrogen) atoms. The second-order valence-electron chi connectivity index (χ2n) is 11.5. The van der Waals surface area contributed by atoms with Crippen molar-refractivity contribution in [3.8, 4) is 16.9 Å². The number of amidine groups is 1. The maximum atomic E-state index is 11.5. The molecule has 4 heterocycles. The Morgan fingerprint density at radius 3 is 2.20 bits per heavy atom. The maximum Gasteiger partial charge on any atom is 0.269 e. The first-order valence-corrected chi connectivity index (χ1v) is 15.7. The number of non-ortho nitro benzene ring substituents is 1. The van der Waals surface area contributed by atoms with Gasteiger partial charge in [-0.25, -0.2) is 19.4 Å². The molecule has 13 nitrogen and oxygen atoms in total. The molecule has 0 fully saturated rings. The molecule has 0 bridgehead atoms. The zero-order valence-corrected chi connectivity index (χ0v) is 26.6. The van der Waals surface area contributed by atoms with Gasteiger partial charge >= 0.3 is 0 Å². The first kappa shape index (κ1) is 29.9. The lowest BCUT2D eigenvalue weighted by Crippen LogP contribution is -2.37. The Bertz CT molecular complexity index is 2300. The number of halogens is 1. The van der Waals surface area contributed by atoms with Crippen molar-refractivity contribution in [2.45, 2.75) is 13.0 Å². The van der Waals surface area contributed by atoms with Crippen LogP contribution in [0.2, 0.25) is 5.02 Å². The first-order chi connectivity index (χ1) is 23.9. The van der Waals surface area contributed by atoms with Crippen molar-refractivity contribution in [3.05, 3.63) is 136 Å². The summed E-state index contributed by atoms with van der Waals surface area (Å²) in [6.45, 7) is 1.96. The van der Waals surface area contributed by atoms with E-state index in [0.29, 0.717) is 39.3 Å². The standard InChI is InChI=1S/C35H26ClN11O2/c1-21-29-32(28-20-44(25-8-4-2-5-9-25)42-30(28)22-12-18-27(19-13-22)47(48)49)46-35(38-34(29)45(41-21)26-10-6-3-7-11-26)31(33(37)43-46)40-39-24-16-14-23(36)15-17-24/h2-20,29,32H,1H3,(H2,37,43). The van der Waals surface area contributed by atoms with E-state index in [1.165, 1.54) is 12.1 Å². The predicted octanol–water partition coefficient (Wildman–Crippen LogP) is 8.44. The second-order valence-corrected chi connectivity index (χ2v) is 11.9. The lowest BCUT2D eigenvalue weighted by atomic mass is 9.87. The summed E-state index contributed by atoms with van der Waals surface area (Å²) in [6.07, 6.45) is 1.95. The number of fused-ring (bicyclic) bond motifs is 2. The molecule has 240 valence electrons. The molecule has 2 aliphatic rings. The third-order valence-electron chi connectivity index (χ3n) is 8.42. The van der Waals surface area contributed by atoms with Gasteiger partial charge in [0.1, 0.15) is 5.84 Å². The topological polar surface area (TPSA) is 157 Å². The number of nitrogens with zero attached hydrogens (tertiary/aromatic N) is 10. The number of hydrogen-bond donors (Lipinski definition) is 1. The minimum atomic E-state index is -0.538. The molecule has 0 spiro atoms. The molecule has 6 aromatic rings. The number of nitro benzene ring substituents is 1. The number of anilines is 2. The fraction of sp³-hybridized carbons (Fsp3) is 0.0857. The van der Waals surface area contributed by atoms with Crippen LogP contribution in [-0.4, -0.2) is 36.0 Å². The van der Waals surface area contributed by atoms with E-state index < -0.39 is 11.0 Å². The normalized spacial score (nSPS) is 16.7. The summed E-state index contributed by atoms with van der Waals surface area (Å²) in [6, 6.07) is 32.2. The van der Waals surface area contributed by atoms with Crippen LogP contribution < -0.4 is 10.7 Å². The molecule has 0 radical (unpaired) electrons. The van der Waals surface area contributed by atoms with Gasteiger partial charge in [-0.15, -0.1) is 5.11 Å². The number of aliphatic imine (C=N–C) groups is 1. The number of aromatic nitrogens is 4. The monoisotopic (exact) mass is 667 g/mol. The minimum absolute atomic E-state index is 0.0185. The Morgan fingerprint density at radius 2 is 1.53 bits per heavy atom. The number of nitrogen functional groups attached to an aromatic ring is 1. The van der Waals surface area contributed by atoms with Crippen molar-refractivity contribution >= 4 is 57.5 Å². The van der Waals surface area contributed by atoms with E-state index in [0.717, 1.165) is 22.6 Å². The zero-order chi connectivity index (χ0) is 33.6. The zero-order valence-electron chi connectivity index (χ0n) is 25.9. The van der Waals surface area contributed by atoms with Gasteiger partial charge in [-0.1, -0.05) is 48.0 Å². The fourth-order valence-electron chi connectivity index (χ4n) is 6.12. The van der Waals surface area contributed by atoms with E-state index in [2.05, 4.69) is 10.2 Å². The van der Waals surface area contributed by atoms with Crippen LogP contribution >= 0.6 is 11.6 Å². The number of hydrogen-bond acceptors (Lipinski definition) is 10. The molecule has 2 aliphatic heterocycles. The summed E-state index contributed by atoms with van der Waals surface area (Å²) in [7, 11) is 0. The Morgan fingerprint density at radius 1 is 0.857 bits per heavy atom. The van der Waals surface area contributed by atoms with Gasteiger partial charge in [-0.3, -0.25) is 10.1 Å². The molecule has 0 saturated heterocycles. The molecule has 2 N–H and O–H groups in total. The summed E-state index contributed by atoms with van der Waals surface area (Å²) in [5.74, 6) is 0.832. The van der Waals surface area contributed by atoms with E-state index in [1.807, 2.05) is 78.8 Å². The summed E-state index contributed by atoms with van der Waals surface area (Å²) < 4.78 is 3.55. The number of para-hydroxylation sites is 2. The van der Waals surface area contributed by atoms with Crippen LogP contribution in [0.3, 0.4) is 0 Å². The van der Waals surface area contributed by atoms with Crippen LogP contribution in [0.25, 0.3) is 16.9 Å².